The van der Waals surface area contributed by atoms with Crippen LogP contribution in [0.15, 0.2) is 12.3 Å². The van der Waals surface area contributed by atoms with E-state index in [4.69, 9.17) is 18.0 Å². The van der Waals surface area contributed by atoms with Gasteiger partial charge in [0, 0.05) is 6.04 Å². The summed E-state index contributed by atoms with van der Waals surface area (Å²) in [7, 11) is 0. The molecule has 1 aromatic rings. The van der Waals surface area contributed by atoms with Crippen LogP contribution in [-0.2, 0) is 0 Å². The topological polar surface area (TPSA) is 63.8 Å². The van der Waals surface area contributed by atoms with E-state index < -0.39 is 0 Å². The maximum atomic E-state index is 5.73. The molecule has 1 heterocycles. The van der Waals surface area contributed by atoms with Gasteiger partial charge >= 0.3 is 0 Å². The van der Waals surface area contributed by atoms with Crippen molar-refractivity contribution in [1.29, 1.82) is 0 Å². The smallest absolute Gasteiger partial charge is 0.159 e. The largest absolute Gasteiger partial charge is 0.389 e. The van der Waals surface area contributed by atoms with Crippen molar-refractivity contribution < 1.29 is 0 Å². The number of rotatable bonds is 5. The van der Waals surface area contributed by atoms with E-state index in [0.717, 1.165) is 23.7 Å². The predicted octanol–water partition coefficient (Wildman–Crippen LogP) is 2.88. The van der Waals surface area contributed by atoms with Crippen LogP contribution >= 0.6 is 12.2 Å². The number of nitrogens with zero attached hydrogens (tertiary/aromatic N) is 2. The lowest BCUT2D eigenvalue weighted by Gasteiger charge is -2.30. The lowest BCUT2D eigenvalue weighted by Crippen LogP contribution is -2.31. The van der Waals surface area contributed by atoms with Gasteiger partial charge in [-0.3, -0.25) is 0 Å². The highest BCUT2D eigenvalue weighted by atomic mass is 32.1. The van der Waals surface area contributed by atoms with E-state index in [1.807, 2.05) is 6.07 Å². The third-order valence-electron chi connectivity index (χ3n) is 3.97. The van der Waals surface area contributed by atoms with Crippen LogP contribution in [0.2, 0.25) is 0 Å². The quantitative estimate of drug-likeness (QED) is 0.811. The van der Waals surface area contributed by atoms with Gasteiger partial charge in [0.25, 0.3) is 0 Å². The Kier molecular flexibility index (Phi) is 5.07. The third kappa shape index (κ3) is 3.62. The highest BCUT2D eigenvalue weighted by Crippen LogP contribution is 2.29. The first-order valence-electron chi connectivity index (χ1n) is 7.10. The first-order valence-corrected chi connectivity index (χ1v) is 7.51. The highest BCUT2D eigenvalue weighted by Gasteiger charge is 2.23. The molecule has 4 nitrogen and oxygen atoms in total. The fourth-order valence-corrected chi connectivity index (χ4v) is 3.07. The molecule has 1 atom stereocenters. The highest BCUT2D eigenvalue weighted by molar-refractivity contribution is 7.80. The van der Waals surface area contributed by atoms with Crippen LogP contribution in [-0.4, -0.2) is 21.2 Å². The predicted molar refractivity (Wildman–Crippen MR) is 82.2 cm³/mol. The van der Waals surface area contributed by atoms with E-state index in [1.165, 1.54) is 32.1 Å². The molecule has 1 unspecified atom stereocenters. The summed E-state index contributed by atoms with van der Waals surface area (Å²) in [6, 6.07) is 2.26. The molecule has 2 rings (SSSR count). The molecule has 0 aliphatic heterocycles. The van der Waals surface area contributed by atoms with Crippen molar-refractivity contribution in [2.24, 2.45) is 11.7 Å². The van der Waals surface area contributed by atoms with E-state index in [-0.39, 0.29) is 0 Å². The summed E-state index contributed by atoms with van der Waals surface area (Å²) in [6.45, 7) is 2.21. The maximum absolute atomic E-state index is 5.73. The van der Waals surface area contributed by atoms with E-state index in [2.05, 4.69) is 22.4 Å². The summed E-state index contributed by atoms with van der Waals surface area (Å²) < 4.78 is 0. The molecule has 104 valence electrons. The molecule has 5 heteroatoms. The van der Waals surface area contributed by atoms with Gasteiger partial charge in [0.2, 0.25) is 0 Å². The van der Waals surface area contributed by atoms with Crippen molar-refractivity contribution in [3.05, 3.63) is 17.8 Å². The van der Waals surface area contributed by atoms with Gasteiger partial charge in [-0.25, -0.2) is 0 Å². The Morgan fingerprint density at radius 2 is 2.21 bits per heavy atom. The van der Waals surface area contributed by atoms with Gasteiger partial charge in [0.05, 0.1) is 11.8 Å². The van der Waals surface area contributed by atoms with Gasteiger partial charge in [-0.2, -0.15) is 5.10 Å². The van der Waals surface area contributed by atoms with Gasteiger partial charge in [0.1, 0.15) is 4.99 Å². The van der Waals surface area contributed by atoms with Gasteiger partial charge in [-0.15, -0.1) is 5.10 Å². The van der Waals surface area contributed by atoms with Crippen LogP contribution in [0.5, 0.6) is 0 Å². The minimum Gasteiger partial charge on any atom is -0.389 e. The molecule has 1 fully saturated rings. The van der Waals surface area contributed by atoms with Gasteiger partial charge in [-0.1, -0.05) is 38.4 Å². The Morgan fingerprint density at radius 1 is 1.47 bits per heavy atom. The summed E-state index contributed by atoms with van der Waals surface area (Å²) in [5.74, 6) is 1.45. The number of anilines is 1. The summed E-state index contributed by atoms with van der Waals surface area (Å²) in [5.41, 5.74) is 6.52. The average Bonchev–Trinajstić information content (AvgIpc) is 2.46. The Labute approximate surface area is 120 Å². The summed E-state index contributed by atoms with van der Waals surface area (Å²) >= 11 is 5.07. The molecule has 0 amide bonds. The standard InChI is InChI=1S/C14H22N4S/c1-2-12(10-6-4-3-5-7-10)17-14-11(13(15)19)8-9-16-18-14/h8-10,12H,2-7H2,1H3,(H2,15,19)(H,17,18). The van der Waals surface area contributed by atoms with Crippen LogP contribution in [0.3, 0.4) is 0 Å². The lowest BCUT2D eigenvalue weighted by atomic mass is 9.83. The lowest BCUT2D eigenvalue weighted by molar-refractivity contribution is 0.312. The second kappa shape index (κ2) is 6.80. The van der Waals surface area contributed by atoms with Crippen LogP contribution < -0.4 is 11.1 Å². The molecule has 19 heavy (non-hydrogen) atoms. The number of aromatic nitrogens is 2. The molecule has 1 aromatic heterocycles. The molecule has 0 bridgehead atoms. The Bertz CT molecular complexity index is 429. The summed E-state index contributed by atoms with van der Waals surface area (Å²) in [4.78, 5) is 0.371. The minimum atomic E-state index is 0.371. The number of hydrogen-bond donors (Lipinski definition) is 2. The number of thiocarbonyl (C=S) groups is 1. The Hall–Kier alpha value is -1.23. The average molecular weight is 278 g/mol. The fourth-order valence-electron chi connectivity index (χ4n) is 2.90. The molecule has 0 saturated heterocycles. The second-order valence-electron chi connectivity index (χ2n) is 5.21. The van der Waals surface area contributed by atoms with E-state index in [9.17, 15) is 0 Å². The van der Waals surface area contributed by atoms with Gasteiger partial charge < -0.3 is 11.1 Å². The number of nitrogens with one attached hydrogen (secondary N) is 1. The van der Waals surface area contributed by atoms with Crippen LogP contribution in [0.1, 0.15) is 51.0 Å². The van der Waals surface area contributed by atoms with E-state index in [0.29, 0.717) is 11.0 Å². The normalized spacial score (nSPS) is 17.9. The Morgan fingerprint density at radius 3 is 2.84 bits per heavy atom. The number of hydrogen-bond acceptors (Lipinski definition) is 4. The zero-order valence-corrected chi connectivity index (χ0v) is 12.2. The molecule has 1 saturated carbocycles. The fraction of sp³-hybridized carbons (Fsp3) is 0.643. The monoisotopic (exact) mass is 278 g/mol. The zero-order chi connectivity index (χ0) is 13.7. The summed E-state index contributed by atoms with van der Waals surface area (Å²) in [6.07, 6.45) is 9.36. The molecular formula is C14H22N4S. The minimum absolute atomic E-state index is 0.371. The summed E-state index contributed by atoms with van der Waals surface area (Å²) in [5, 5.41) is 11.6. The van der Waals surface area contributed by atoms with Crippen molar-refractivity contribution in [2.45, 2.75) is 51.5 Å². The molecule has 0 aromatic carbocycles. The third-order valence-corrected chi connectivity index (χ3v) is 4.19. The maximum Gasteiger partial charge on any atom is 0.159 e. The van der Waals surface area contributed by atoms with E-state index in [1.54, 1.807) is 6.20 Å². The zero-order valence-electron chi connectivity index (χ0n) is 11.4. The van der Waals surface area contributed by atoms with Crippen molar-refractivity contribution >= 4 is 23.0 Å². The molecule has 3 N–H and O–H groups in total. The van der Waals surface area contributed by atoms with Gasteiger partial charge in [0.15, 0.2) is 5.82 Å². The van der Waals surface area contributed by atoms with Crippen LogP contribution in [0, 0.1) is 5.92 Å². The first kappa shape index (κ1) is 14.2. The molecule has 1 aliphatic carbocycles. The molecular weight excluding hydrogens is 256 g/mol. The Balaban J connectivity index is 2.11. The van der Waals surface area contributed by atoms with Crippen molar-refractivity contribution in [3.63, 3.8) is 0 Å². The molecule has 1 aliphatic rings. The van der Waals surface area contributed by atoms with Crippen LogP contribution in [0.4, 0.5) is 5.82 Å². The number of nitrogens with two attached hydrogens (primary N) is 1. The molecule has 0 spiro atoms. The van der Waals surface area contributed by atoms with Crippen molar-refractivity contribution in [1.82, 2.24) is 10.2 Å². The van der Waals surface area contributed by atoms with E-state index >= 15 is 0 Å². The van der Waals surface area contributed by atoms with Crippen molar-refractivity contribution in [2.75, 3.05) is 5.32 Å². The molecule has 0 radical (unpaired) electrons. The van der Waals surface area contributed by atoms with Crippen molar-refractivity contribution in [3.8, 4) is 0 Å². The second-order valence-corrected chi connectivity index (χ2v) is 5.65. The van der Waals surface area contributed by atoms with Gasteiger partial charge in [-0.05, 0) is 31.2 Å². The van der Waals surface area contributed by atoms with Crippen LogP contribution in [0.25, 0.3) is 0 Å². The SMILES string of the molecule is CCC(Nc1nnccc1C(N)=S)C1CCCCC1. The first-order chi connectivity index (χ1) is 9.22.